The van der Waals surface area contributed by atoms with Crippen molar-refractivity contribution in [2.75, 3.05) is 5.73 Å². The van der Waals surface area contributed by atoms with E-state index in [1.807, 2.05) is 52.0 Å². The molecule has 0 amide bonds. The van der Waals surface area contributed by atoms with Gasteiger partial charge in [-0.1, -0.05) is 57.5 Å². The molecule has 0 spiro atoms. The van der Waals surface area contributed by atoms with Crippen LogP contribution in [-0.4, -0.2) is 4.98 Å². The second kappa shape index (κ2) is 7.94. The molecule has 0 atom stereocenters. The largest absolute Gasteiger partial charge is 0.396 e. The van der Waals surface area contributed by atoms with E-state index in [0.717, 1.165) is 10.9 Å². The minimum atomic E-state index is 0.523. The fourth-order valence-corrected chi connectivity index (χ4v) is 1.33. The van der Waals surface area contributed by atoms with E-state index >= 15 is 0 Å². The molecule has 1 aromatic carbocycles. The third-order valence-electron chi connectivity index (χ3n) is 1.74. The van der Waals surface area contributed by atoms with Crippen LogP contribution in [0.25, 0.3) is 10.9 Å². The summed E-state index contributed by atoms with van der Waals surface area (Å²) in [6.07, 6.45) is 1.57. The molecule has 0 saturated heterocycles. The molecular weight excluding hydrogens is 220 g/mol. The number of nitrogen functional groups attached to an aromatic ring is 1. The van der Waals surface area contributed by atoms with E-state index in [0.29, 0.717) is 10.7 Å². The van der Waals surface area contributed by atoms with E-state index in [1.165, 1.54) is 0 Å². The van der Waals surface area contributed by atoms with Gasteiger partial charge in [0, 0.05) is 5.39 Å². The normalized spacial score (nSPS) is 8.56. The third kappa shape index (κ3) is 3.38. The van der Waals surface area contributed by atoms with Gasteiger partial charge >= 0.3 is 0 Å². The summed E-state index contributed by atoms with van der Waals surface area (Å²) in [5, 5.41) is 1.49. The predicted octanol–water partition coefficient (Wildman–Crippen LogP) is 4.52. The summed E-state index contributed by atoms with van der Waals surface area (Å²) < 4.78 is 0. The number of pyridine rings is 1. The highest BCUT2D eigenvalue weighted by molar-refractivity contribution is 6.37. The molecule has 0 bridgehead atoms. The lowest BCUT2D eigenvalue weighted by Crippen LogP contribution is -1.89. The topological polar surface area (TPSA) is 38.9 Å². The SMILES string of the molecule is CC.CC.Nc1cnc2ccccc2c1Cl. The van der Waals surface area contributed by atoms with E-state index in [4.69, 9.17) is 17.3 Å². The minimum absolute atomic E-state index is 0.523. The Balaban J connectivity index is 0.000000509. The number of rotatable bonds is 0. The molecule has 0 aliphatic rings. The van der Waals surface area contributed by atoms with E-state index < -0.39 is 0 Å². The number of nitrogens with two attached hydrogens (primary N) is 1. The molecule has 88 valence electrons. The van der Waals surface area contributed by atoms with Crippen LogP contribution in [0.15, 0.2) is 30.5 Å². The number of benzene rings is 1. The molecule has 1 heterocycles. The van der Waals surface area contributed by atoms with Gasteiger partial charge in [0.2, 0.25) is 0 Å². The van der Waals surface area contributed by atoms with Crippen LogP contribution in [-0.2, 0) is 0 Å². The van der Waals surface area contributed by atoms with Crippen molar-refractivity contribution >= 4 is 28.2 Å². The molecule has 2 nitrogen and oxygen atoms in total. The number of fused-ring (bicyclic) bond motifs is 1. The van der Waals surface area contributed by atoms with Gasteiger partial charge in [-0.2, -0.15) is 0 Å². The second-order valence-corrected chi connectivity index (χ2v) is 2.92. The van der Waals surface area contributed by atoms with E-state index in [9.17, 15) is 0 Å². The summed E-state index contributed by atoms with van der Waals surface area (Å²) in [5.74, 6) is 0. The highest BCUT2D eigenvalue weighted by Gasteiger charge is 2.01. The zero-order valence-electron chi connectivity index (χ0n) is 10.3. The standard InChI is InChI=1S/C9H7ClN2.2C2H6/c10-9-6-3-1-2-4-8(6)12-5-7(9)11;2*1-2/h1-5H,11H2;2*1-2H3. The average molecular weight is 239 g/mol. The Hall–Kier alpha value is -1.28. The molecule has 0 radical (unpaired) electrons. The number of nitrogens with zero attached hydrogens (tertiary/aromatic N) is 1. The second-order valence-electron chi connectivity index (χ2n) is 2.54. The van der Waals surface area contributed by atoms with Crippen LogP contribution in [0.3, 0.4) is 0 Å². The Morgan fingerprint density at radius 2 is 1.62 bits per heavy atom. The number of para-hydroxylation sites is 1. The Morgan fingerprint density at radius 3 is 2.25 bits per heavy atom. The first kappa shape index (κ1) is 14.7. The minimum Gasteiger partial charge on any atom is -0.396 e. The number of halogens is 1. The van der Waals surface area contributed by atoms with Gasteiger partial charge in [-0.3, -0.25) is 4.98 Å². The molecule has 2 rings (SSSR count). The maximum absolute atomic E-state index is 5.96. The van der Waals surface area contributed by atoms with Crippen LogP contribution < -0.4 is 5.73 Å². The number of hydrogen-bond acceptors (Lipinski definition) is 2. The van der Waals surface area contributed by atoms with E-state index in [-0.39, 0.29) is 0 Å². The highest BCUT2D eigenvalue weighted by atomic mass is 35.5. The molecule has 0 aliphatic heterocycles. The van der Waals surface area contributed by atoms with Crippen LogP contribution in [0.4, 0.5) is 5.69 Å². The monoisotopic (exact) mass is 238 g/mol. The van der Waals surface area contributed by atoms with Gasteiger partial charge in [0.1, 0.15) is 0 Å². The van der Waals surface area contributed by atoms with Gasteiger partial charge in [0.15, 0.2) is 0 Å². The van der Waals surface area contributed by atoms with Crippen LogP contribution in [0.1, 0.15) is 27.7 Å². The van der Waals surface area contributed by atoms with Crippen LogP contribution >= 0.6 is 11.6 Å². The average Bonchev–Trinajstić information content (AvgIpc) is 2.39. The summed E-state index contributed by atoms with van der Waals surface area (Å²) >= 11 is 5.96. The van der Waals surface area contributed by atoms with Crippen molar-refractivity contribution < 1.29 is 0 Å². The van der Waals surface area contributed by atoms with Crippen LogP contribution in [0, 0.1) is 0 Å². The lowest BCUT2D eigenvalue weighted by Gasteiger charge is -2.01. The smallest absolute Gasteiger partial charge is 0.0745 e. The first-order valence-electron chi connectivity index (χ1n) is 5.58. The van der Waals surface area contributed by atoms with Gasteiger partial charge in [0.25, 0.3) is 0 Å². The van der Waals surface area contributed by atoms with Crippen molar-refractivity contribution in [1.82, 2.24) is 4.98 Å². The van der Waals surface area contributed by atoms with Gasteiger partial charge in [0.05, 0.1) is 22.4 Å². The van der Waals surface area contributed by atoms with Gasteiger partial charge in [-0.05, 0) is 6.07 Å². The molecule has 0 unspecified atom stereocenters. The van der Waals surface area contributed by atoms with Crippen molar-refractivity contribution in [3.63, 3.8) is 0 Å². The van der Waals surface area contributed by atoms with E-state index in [1.54, 1.807) is 6.20 Å². The fraction of sp³-hybridized carbons (Fsp3) is 0.308. The molecule has 0 saturated carbocycles. The summed E-state index contributed by atoms with van der Waals surface area (Å²) in [6, 6.07) is 7.64. The molecule has 16 heavy (non-hydrogen) atoms. The first-order chi connectivity index (χ1) is 7.79. The Morgan fingerprint density at radius 1 is 1.06 bits per heavy atom. The third-order valence-corrected chi connectivity index (χ3v) is 2.16. The van der Waals surface area contributed by atoms with Gasteiger partial charge < -0.3 is 5.73 Å². The lowest BCUT2D eigenvalue weighted by molar-refractivity contribution is 1.41. The number of anilines is 1. The lowest BCUT2D eigenvalue weighted by atomic mass is 10.2. The van der Waals surface area contributed by atoms with Crippen molar-refractivity contribution in [3.8, 4) is 0 Å². The van der Waals surface area contributed by atoms with Gasteiger partial charge in [-0.15, -0.1) is 0 Å². The summed E-state index contributed by atoms with van der Waals surface area (Å²) in [4.78, 5) is 4.13. The predicted molar refractivity (Wildman–Crippen MR) is 73.9 cm³/mol. The maximum Gasteiger partial charge on any atom is 0.0745 e. The molecule has 0 aliphatic carbocycles. The molecule has 3 heteroatoms. The first-order valence-corrected chi connectivity index (χ1v) is 5.95. The van der Waals surface area contributed by atoms with Crippen molar-refractivity contribution in [1.29, 1.82) is 0 Å². The molecule has 0 fully saturated rings. The zero-order chi connectivity index (χ0) is 12.6. The zero-order valence-corrected chi connectivity index (χ0v) is 11.0. The number of hydrogen-bond donors (Lipinski definition) is 1. The molecule has 2 N–H and O–H groups in total. The quantitative estimate of drug-likeness (QED) is 0.733. The van der Waals surface area contributed by atoms with Gasteiger partial charge in [-0.25, -0.2) is 0 Å². The van der Waals surface area contributed by atoms with Crippen LogP contribution in [0.2, 0.25) is 5.02 Å². The molecular formula is C13H19ClN2. The number of aromatic nitrogens is 1. The van der Waals surface area contributed by atoms with Crippen molar-refractivity contribution in [2.24, 2.45) is 0 Å². The fourth-order valence-electron chi connectivity index (χ4n) is 1.12. The van der Waals surface area contributed by atoms with Crippen molar-refractivity contribution in [3.05, 3.63) is 35.5 Å². The Bertz CT molecular complexity index is 427. The Labute approximate surface area is 102 Å². The van der Waals surface area contributed by atoms with Crippen molar-refractivity contribution in [2.45, 2.75) is 27.7 Å². The Kier molecular flexibility index (Phi) is 7.31. The van der Waals surface area contributed by atoms with E-state index in [2.05, 4.69) is 4.98 Å². The molecule has 2 aromatic rings. The summed E-state index contributed by atoms with van der Waals surface area (Å²) in [5.41, 5.74) is 6.99. The van der Waals surface area contributed by atoms with Crippen LogP contribution in [0.5, 0.6) is 0 Å². The summed E-state index contributed by atoms with van der Waals surface area (Å²) in [6.45, 7) is 8.00. The highest BCUT2D eigenvalue weighted by Crippen LogP contribution is 2.26. The molecule has 1 aromatic heterocycles. The maximum atomic E-state index is 5.96. The summed E-state index contributed by atoms with van der Waals surface area (Å²) in [7, 11) is 0.